The molecule has 0 spiro atoms. The van der Waals surface area contributed by atoms with E-state index in [-0.39, 0.29) is 18.1 Å². The van der Waals surface area contributed by atoms with Gasteiger partial charge in [0.2, 0.25) is 5.91 Å². The van der Waals surface area contributed by atoms with Crippen LogP contribution < -0.4 is 5.32 Å². The highest BCUT2D eigenvalue weighted by atomic mass is 16.5. The monoisotopic (exact) mass is 289 g/mol. The van der Waals surface area contributed by atoms with Crippen LogP contribution in [0.25, 0.3) is 0 Å². The smallest absolute Gasteiger partial charge is 0.310 e. The molecule has 112 valence electrons. The molecule has 0 aliphatic carbocycles. The van der Waals surface area contributed by atoms with Crippen LogP contribution in [0.4, 0.5) is 0 Å². The molecule has 2 aliphatic rings. The fourth-order valence-electron chi connectivity index (χ4n) is 3.42. The lowest BCUT2D eigenvalue weighted by molar-refractivity contribution is -0.147. The van der Waals surface area contributed by atoms with Crippen molar-refractivity contribution in [2.75, 3.05) is 6.54 Å². The SMILES string of the molecule is O=C(O)C1C(C(=O)NCCc2ccccc2)[C@H]2CC[C@H]1O2. The maximum absolute atomic E-state index is 12.3. The predicted octanol–water partition coefficient (Wildman–Crippen LogP) is 1.22. The van der Waals surface area contributed by atoms with E-state index in [9.17, 15) is 14.7 Å². The molecule has 0 aromatic heterocycles. The molecule has 0 saturated carbocycles. The molecule has 5 heteroatoms. The van der Waals surface area contributed by atoms with Gasteiger partial charge in [-0.05, 0) is 24.8 Å². The Bertz CT molecular complexity index is 530. The molecule has 4 atom stereocenters. The Balaban J connectivity index is 1.56. The summed E-state index contributed by atoms with van der Waals surface area (Å²) in [6.07, 6.45) is 1.75. The third-order valence-electron chi connectivity index (χ3n) is 4.42. The Morgan fingerprint density at radius 1 is 1.14 bits per heavy atom. The minimum atomic E-state index is -0.926. The number of carboxylic acids is 1. The van der Waals surface area contributed by atoms with E-state index >= 15 is 0 Å². The van der Waals surface area contributed by atoms with Gasteiger partial charge in [0, 0.05) is 6.54 Å². The Labute approximate surface area is 123 Å². The molecule has 0 radical (unpaired) electrons. The number of benzene rings is 1. The quantitative estimate of drug-likeness (QED) is 0.854. The molecule has 2 heterocycles. The normalized spacial score (nSPS) is 30.3. The van der Waals surface area contributed by atoms with Crippen LogP contribution in [0.3, 0.4) is 0 Å². The zero-order chi connectivity index (χ0) is 14.8. The topological polar surface area (TPSA) is 75.6 Å². The second kappa shape index (κ2) is 5.85. The summed E-state index contributed by atoms with van der Waals surface area (Å²) in [5, 5.41) is 12.2. The van der Waals surface area contributed by atoms with E-state index in [0.29, 0.717) is 6.54 Å². The van der Waals surface area contributed by atoms with Crippen molar-refractivity contribution >= 4 is 11.9 Å². The van der Waals surface area contributed by atoms with Gasteiger partial charge in [-0.25, -0.2) is 0 Å². The number of rotatable bonds is 5. The first-order valence-electron chi connectivity index (χ1n) is 7.36. The van der Waals surface area contributed by atoms with Crippen LogP contribution in [0.1, 0.15) is 18.4 Å². The summed E-state index contributed by atoms with van der Waals surface area (Å²) >= 11 is 0. The molecule has 1 aromatic carbocycles. The summed E-state index contributed by atoms with van der Waals surface area (Å²) in [6.45, 7) is 0.517. The highest BCUT2D eigenvalue weighted by molar-refractivity contribution is 5.86. The van der Waals surface area contributed by atoms with E-state index in [4.69, 9.17) is 4.74 Å². The number of fused-ring (bicyclic) bond motifs is 2. The second-order valence-corrected chi connectivity index (χ2v) is 5.71. The van der Waals surface area contributed by atoms with Gasteiger partial charge in [0.05, 0.1) is 24.0 Å². The minimum absolute atomic E-state index is 0.189. The van der Waals surface area contributed by atoms with Gasteiger partial charge in [0.25, 0.3) is 0 Å². The van der Waals surface area contributed by atoms with Crippen LogP contribution in [0, 0.1) is 11.8 Å². The van der Waals surface area contributed by atoms with Gasteiger partial charge in [0.1, 0.15) is 0 Å². The maximum atomic E-state index is 12.3. The number of aliphatic carboxylic acids is 1. The number of nitrogens with one attached hydrogen (secondary N) is 1. The molecule has 5 nitrogen and oxygen atoms in total. The van der Waals surface area contributed by atoms with E-state index in [1.165, 1.54) is 0 Å². The zero-order valence-corrected chi connectivity index (χ0v) is 11.7. The Morgan fingerprint density at radius 3 is 2.48 bits per heavy atom. The molecule has 21 heavy (non-hydrogen) atoms. The molecule has 2 saturated heterocycles. The van der Waals surface area contributed by atoms with E-state index in [1.54, 1.807) is 0 Å². The second-order valence-electron chi connectivity index (χ2n) is 5.71. The van der Waals surface area contributed by atoms with Crippen molar-refractivity contribution in [1.82, 2.24) is 5.32 Å². The van der Waals surface area contributed by atoms with Crippen molar-refractivity contribution in [2.45, 2.75) is 31.5 Å². The van der Waals surface area contributed by atoms with E-state index in [1.807, 2.05) is 30.3 Å². The summed E-state index contributed by atoms with van der Waals surface area (Å²) in [7, 11) is 0. The van der Waals surface area contributed by atoms with Gasteiger partial charge < -0.3 is 15.2 Å². The first-order valence-corrected chi connectivity index (χ1v) is 7.36. The van der Waals surface area contributed by atoms with Gasteiger partial charge in [0.15, 0.2) is 0 Å². The number of hydrogen-bond donors (Lipinski definition) is 2. The van der Waals surface area contributed by atoms with Crippen LogP contribution in [0.15, 0.2) is 30.3 Å². The number of carbonyl (C=O) groups is 2. The molecule has 2 bridgehead atoms. The average molecular weight is 289 g/mol. The van der Waals surface area contributed by atoms with E-state index < -0.39 is 17.8 Å². The van der Waals surface area contributed by atoms with Crippen molar-refractivity contribution in [1.29, 1.82) is 0 Å². The largest absolute Gasteiger partial charge is 0.481 e. The Kier molecular flexibility index (Phi) is 3.92. The number of carboxylic acid groups (broad SMARTS) is 1. The molecule has 2 unspecified atom stereocenters. The van der Waals surface area contributed by atoms with Gasteiger partial charge in [-0.1, -0.05) is 30.3 Å². The average Bonchev–Trinajstić information content (AvgIpc) is 3.08. The van der Waals surface area contributed by atoms with Gasteiger partial charge >= 0.3 is 5.97 Å². The molecular formula is C16H19NO4. The third kappa shape index (κ3) is 2.78. The first-order chi connectivity index (χ1) is 10.2. The number of hydrogen-bond acceptors (Lipinski definition) is 3. The van der Waals surface area contributed by atoms with Crippen molar-refractivity contribution in [3.8, 4) is 0 Å². The fourth-order valence-corrected chi connectivity index (χ4v) is 3.42. The Hall–Kier alpha value is -1.88. The minimum Gasteiger partial charge on any atom is -0.481 e. The lowest BCUT2D eigenvalue weighted by Gasteiger charge is -2.23. The summed E-state index contributed by atoms with van der Waals surface area (Å²) in [5.74, 6) is -2.35. The third-order valence-corrected chi connectivity index (χ3v) is 4.42. The number of ether oxygens (including phenoxy) is 1. The lowest BCUT2D eigenvalue weighted by atomic mass is 9.78. The first kappa shape index (κ1) is 14.1. The molecule has 1 amide bonds. The van der Waals surface area contributed by atoms with E-state index in [0.717, 1.165) is 24.8 Å². The van der Waals surface area contributed by atoms with Gasteiger partial charge in [-0.15, -0.1) is 0 Å². The molecule has 3 rings (SSSR count). The molecule has 1 aromatic rings. The van der Waals surface area contributed by atoms with Crippen molar-refractivity contribution < 1.29 is 19.4 Å². The van der Waals surface area contributed by atoms with Crippen LogP contribution in [-0.2, 0) is 20.7 Å². The van der Waals surface area contributed by atoms with Crippen LogP contribution in [0.5, 0.6) is 0 Å². The van der Waals surface area contributed by atoms with Gasteiger partial charge in [-0.2, -0.15) is 0 Å². The lowest BCUT2D eigenvalue weighted by Crippen LogP contribution is -2.44. The standard InChI is InChI=1S/C16H19NO4/c18-15(17-9-8-10-4-2-1-3-5-10)13-11-6-7-12(21-11)14(13)16(19)20/h1-5,11-14H,6-9H2,(H,17,18)(H,19,20)/t11-,12-,13?,14?/m1/s1. The van der Waals surface area contributed by atoms with Crippen LogP contribution >= 0.6 is 0 Å². The summed E-state index contributed by atoms with van der Waals surface area (Å²) in [4.78, 5) is 23.6. The zero-order valence-electron chi connectivity index (χ0n) is 11.7. The van der Waals surface area contributed by atoms with Crippen LogP contribution in [0.2, 0.25) is 0 Å². The van der Waals surface area contributed by atoms with E-state index in [2.05, 4.69) is 5.32 Å². The van der Waals surface area contributed by atoms with Crippen molar-refractivity contribution in [3.05, 3.63) is 35.9 Å². The molecule has 2 fully saturated rings. The highest BCUT2D eigenvalue weighted by Gasteiger charge is 2.55. The number of amides is 1. The molecule has 2 N–H and O–H groups in total. The number of carbonyl (C=O) groups excluding carboxylic acids is 1. The molecular weight excluding hydrogens is 270 g/mol. The summed E-state index contributed by atoms with van der Waals surface area (Å²) in [6, 6.07) is 9.88. The summed E-state index contributed by atoms with van der Waals surface area (Å²) < 4.78 is 5.60. The fraction of sp³-hybridized carbons (Fsp3) is 0.500. The van der Waals surface area contributed by atoms with Crippen LogP contribution in [-0.4, -0.2) is 35.7 Å². The van der Waals surface area contributed by atoms with Crippen molar-refractivity contribution in [3.63, 3.8) is 0 Å². The molecule has 2 aliphatic heterocycles. The maximum Gasteiger partial charge on any atom is 0.310 e. The van der Waals surface area contributed by atoms with Crippen molar-refractivity contribution in [2.24, 2.45) is 11.8 Å². The van der Waals surface area contributed by atoms with Gasteiger partial charge in [-0.3, -0.25) is 9.59 Å². The summed E-state index contributed by atoms with van der Waals surface area (Å²) in [5.41, 5.74) is 1.15. The highest BCUT2D eigenvalue weighted by Crippen LogP contribution is 2.43. The predicted molar refractivity (Wildman–Crippen MR) is 75.7 cm³/mol. The Morgan fingerprint density at radius 2 is 1.81 bits per heavy atom.